The largest absolute Gasteiger partial charge is 0.451 e. The number of aliphatic hydroxyl groups is 1. The van der Waals surface area contributed by atoms with E-state index in [0.717, 1.165) is 11.1 Å². The second kappa shape index (κ2) is 4.86. The third-order valence-corrected chi connectivity index (χ3v) is 3.36. The fourth-order valence-electron chi connectivity index (χ4n) is 2.42. The van der Waals surface area contributed by atoms with Crippen LogP contribution in [0.3, 0.4) is 0 Å². The van der Waals surface area contributed by atoms with Gasteiger partial charge < -0.3 is 9.84 Å². The number of cyclic esters (lactones) is 1. The van der Waals surface area contributed by atoms with Crippen molar-refractivity contribution >= 4 is 5.97 Å². The van der Waals surface area contributed by atoms with Crippen molar-refractivity contribution in [3.8, 4) is 0 Å². The van der Waals surface area contributed by atoms with Gasteiger partial charge in [0.25, 0.3) is 0 Å². The Morgan fingerprint density at radius 3 is 2.53 bits per heavy atom. The number of fused-ring (bicyclic) bond motifs is 1. The lowest BCUT2D eigenvalue weighted by molar-refractivity contribution is -0.00892. The van der Waals surface area contributed by atoms with E-state index in [-0.39, 0.29) is 5.97 Å². The van der Waals surface area contributed by atoms with Crippen molar-refractivity contribution < 1.29 is 14.6 Å². The van der Waals surface area contributed by atoms with Crippen LogP contribution in [0.1, 0.15) is 27.6 Å². The molecule has 0 saturated heterocycles. The normalized spacial score (nSPS) is 18.8. The molecule has 2 aromatic rings. The van der Waals surface area contributed by atoms with Crippen molar-refractivity contribution in [3.63, 3.8) is 0 Å². The molecule has 19 heavy (non-hydrogen) atoms. The number of aliphatic hydroxyl groups excluding tert-OH is 1. The van der Waals surface area contributed by atoms with Crippen LogP contribution in [-0.4, -0.2) is 17.2 Å². The molecule has 0 aliphatic carbocycles. The maximum Gasteiger partial charge on any atom is 0.339 e. The molecule has 0 radical (unpaired) electrons. The maximum absolute atomic E-state index is 11.7. The molecular formula is C16H14O3. The van der Waals surface area contributed by atoms with Gasteiger partial charge in [-0.2, -0.15) is 0 Å². The van der Waals surface area contributed by atoms with Gasteiger partial charge in [0.05, 0.1) is 11.7 Å². The molecule has 0 aromatic heterocycles. The zero-order valence-electron chi connectivity index (χ0n) is 10.3. The topological polar surface area (TPSA) is 46.5 Å². The van der Waals surface area contributed by atoms with Crippen LogP contribution < -0.4 is 0 Å². The van der Waals surface area contributed by atoms with E-state index in [2.05, 4.69) is 0 Å². The minimum absolute atomic E-state index is 0.354. The van der Waals surface area contributed by atoms with Crippen molar-refractivity contribution in [1.29, 1.82) is 0 Å². The van der Waals surface area contributed by atoms with Crippen LogP contribution in [0.5, 0.6) is 0 Å². The summed E-state index contributed by atoms with van der Waals surface area (Å²) in [6, 6.07) is 16.9. The first-order valence-corrected chi connectivity index (χ1v) is 6.27. The molecule has 2 aromatic carbocycles. The number of esters is 1. The Bertz CT molecular complexity index is 592. The smallest absolute Gasteiger partial charge is 0.339 e. The van der Waals surface area contributed by atoms with Crippen LogP contribution >= 0.6 is 0 Å². The van der Waals surface area contributed by atoms with Crippen LogP contribution in [0, 0.1) is 0 Å². The Morgan fingerprint density at radius 1 is 1.05 bits per heavy atom. The molecule has 0 amide bonds. The van der Waals surface area contributed by atoms with Gasteiger partial charge in [0.1, 0.15) is 0 Å². The fourth-order valence-corrected chi connectivity index (χ4v) is 2.42. The van der Waals surface area contributed by atoms with Crippen molar-refractivity contribution in [2.45, 2.75) is 18.6 Å². The molecule has 1 N–H and O–H groups in total. The zero-order chi connectivity index (χ0) is 13.2. The first-order chi connectivity index (χ1) is 9.25. The van der Waals surface area contributed by atoms with E-state index in [9.17, 15) is 9.90 Å². The van der Waals surface area contributed by atoms with Crippen LogP contribution in [0.25, 0.3) is 0 Å². The molecule has 0 bridgehead atoms. The Hall–Kier alpha value is -2.13. The fraction of sp³-hybridized carbons (Fsp3) is 0.188. The van der Waals surface area contributed by atoms with Crippen molar-refractivity contribution in [3.05, 3.63) is 71.3 Å². The van der Waals surface area contributed by atoms with Gasteiger partial charge in [-0.1, -0.05) is 48.5 Å². The van der Waals surface area contributed by atoms with Gasteiger partial charge in [-0.05, 0) is 11.6 Å². The molecule has 3 heteroatoms. The van der Waals surface area contributed by atoms with E-state index in [0.29, 0.717) is 12.0 Å². The average Bonchev–Trinajstić information content (AvgIpc) is 2.78. The number of hydrogen-bond acceptors (Lipinski definition) is 3. The monoisotopic (exact) mass is 254 g/mol. The van der Waals surface area contributed by atoms with E-state index < -0.39 is 12.2 Å². The number of benzene rings is 2. The lowest BCUT2D eigenvalue weighted by Crippen LogP contribution is -2.21. The van der Waals surface area contributed by atoms with Gasteiger partial charge in [-0.25, -0.2) is 4.79 Å². The Balaban J connectivity index is 1.82. The highest BCUT2D eigenvalue weighted by molar-refractivity contribution is 5.94. The summed E-state index contributed by atoms with van der Waals surface area (Å²) in [5, 5.41) is 10.3. The van der Waals surface area contributed by atoms with Crippen LogP contribution in [0.15, 0.2) is 54.6 Å². The summed E-state index contributed by atoms with van der Waals surface area (Å²) < 4.78 is 5.28. The van der Waals surface area contributed by atoms with Crippen LogP contribution in [0.4, 0.5) is 0 Å². The summed E-state index contributed by atoms with van der Waals surface area (Å²) in [5.41, 5.74) is 2.35. The number of ether oxygens (including phenoxy) is 1. The number of carbonyl (C=O) groups is 1. The zero-order valence-corrected chi connectivity index (χ0v) is 10.3. The maximum atomic E-state index is 11.7. The summed E-state index contributed by atoms with van der Waals surface area (Å²) in [6.45, 7) is 0. The van der Waals surface area contributed by atoms with Gasteiger partial charge in [0.15, 0.2) is 6.10 Å². The van der Waals surface area contributed by atoms with E-state index >= 15 is 0 Å². The molecular weight excluding hydrogens is 240 g/mol. The van der Waals surface area contributed by atoms with Gasteiger partial charge in [-0.15, -0.1) is 0 Å². The Morgan fingerprint density at radius 2 is 1.74 bits per heavy atom. The highest BCUT2D eigenvalue weighted by Gasteiger charge is 2.35. The molecule has 2 atom stereocenters. The molecule has 1 aliphatic rings. The molecule has 1 heterocycles. The van der Waals surface area contributed by atoms with E-state index in [1.807, 2.05) is 42.5 Å². The minimum atomic E-state index is -0.727. The molecule has 1 aliphatic heterocycles. The van der Waals surface area contributed by atoms with Gasteiger partial charge >= 0.3 is 5.97 Å². The first kappa shape index (κ1) is 11.9. The standard InChI is InChI=1S/C16H14O3/c17-14(10-11-6-2-1-3-7-11)15-12-8-4-5-9-13(12)16(18)19-15/h1-9,14-15,17H,10H2/t14-,15+/m0/s1. The molecule has 96 valence electrons. The average molecular weight is 254 g/mol. The third-order valence-electron chi connectivity index (χ3n) is 3.36. The lowest BCUT2D eigenvalue weighted by Gasteiger charge is -2.18. The van der Waals surface area contributed by atoms with Crippen molar-refractivity contribution in [2.75, 3.05) is 0 Å². The number of hydrogen-bond donors (Lipinski definition) is 1. The van der Waals surface area contributed by atoms with Crippen molar-refractivity contribution in [2.24, 2.45) is 0 Å². The summed E-state index contributed by atoms with van der Waals surface area (Å²) in [7, 11) is 0. The predicted octanol–water partition coefficient (Wildman–Crippen LogP) is 2.50. The first-order valence-electron chi connectivity index (χ1n) is 6.27. The van der Waals surface area contributed by atoms with E-state index in [1.54, 1.807) is 12.1 Å². The molecule has 0 unspecified atom stereocenters. The third kappa shape index (κ3) is 2.25. The molecule has 0 spiro atoms. The predicted molar refractivity (Wildman–Crippen MR) is 70.8 cm³/mol. The number of rotatable bonds is 3. The van der Waals surface area contributed by atoms with Gasteiger partial charge in [0, 0.05) is 12.0 Å². The minimum Gasteiger partial charge on any atom is -0.451 e. The summed E-state index contributed by atoms with van der Waals surface area (Å²) in [6.07, 6.45) is -0.827. The van der Waals surface area contributed by atoms with E-state index in [1.165, 1.54) is 0 Å². The van der Waals surface area contributed by atoms with Gasteiger partial charge in [-0.3, -0.25) is 0 Å². The highest BCUT2D eigenvalue weighted by atomic mass is 16.6. The van der Waals surface area contributed by atoms with Gasteiger partial charge in [0.2, 0.25) is 0 Å². The quantitative estimate of drug-likeness (QED) is 0.856. The molecule has 3 rings (SSSR count). The summed E-state index contributed by atoms with van der Waals surface area (Å²) in [5.74, 6) is -0.354. The Labute approximate surface area is 111 Å². The van der Waals surface area contributed by atoms with Crippen LogP contribution in [0.2, 0.25) is 0 Å². The molecule has 3 nitrogen and oxygen atoms in total. The lowest BCUT2D eigenvalue weighted by atomic mass is 9.97. The van der Waals surface area contributed by atoms with Crippen LogP contribution in [-0.2, 0) is 11.2 Å². The summed E-state index contributed by atoms with van der Waals surface area (Å²) in [4.78, 5) is 11.7. The highest BCUT2D eigenvalue weighted by Crippen LogP contribution is 2.33. The second-order valence-electron chi connectivity index (χ2n) is 4.67. The van der Waals surface area contributed by atoms with Crippen molar-refractivity contribution in [1.82, 2.24) is 0 Å². The summed E-state index contributed by atoms with van der Waals surface area (Å²) >= 11 is 0. The second-order valence-corrected chi connectivity index (χ2v) is 4.67. The SMILES string of the molecule is O=C1O[C@@H]([C@@H](O)Cc2ccccc2)c2ccccc21. The molecule has 0 saturated carbocycles. The van der Waals surface area contributed by atoms with E-state index in [4.69, 9.17) is 4.74 Å². The molecule has 0 fully saturated rings. The number of carbonyl (C=O) groups excluding carboxylic acids is 1. The Kier molecular flexibility index (Phi) is 3.05.